The molecule has 32 heavy (non-hydrogen) atoms. The first-order chi connectivity index (χ1) is 15.8. The number of nitrogens with zero attached hydrogens (tertiary/aromatic N) is 4. The largest absolute Gasteiger partial charge is 0.415 e. The topological polar surface area (TPSA) is 61.2 Å². The average molecular weight is 423 g/mol. The predicted octanol–water partition coefficient (Wildman–Crippen LogP) is 3.80. The zero-order valence-electron chi connectivity index (χ0n) is 17.8. The molecular formula is C26H24N5O+. The molecule has 0 saturated carbocycles. The Morgan fingerprint density at radius 1 is 0.750 bits per heavy atom. The molecule has 0 amide bonds. The van der Waals surface area contributed by atoms with E-state index in [1.807, 2.05) is 71.4 Å². The fraction of sp³-hybridized carbons (Fsp3) is 0.115. The van der Waals surface area contributed by atoms with Gasteiger partial charge < -0.3 is 9.32 Å². The fourth-order valence-electron chi connectivity index (χ4n) is 3.76. The van der Waals surface area contributed by atoms with Crippen LogP contribution in [0.15, 0.2) is 102 Å². The first-order valence-corrected chi connectivity index (χ1v) is 10.6. The first kappa shape index (κ1) is 19.9. The van der Waals surface area contributed by atoms with Gasteiger partial charge in [0.1, 0.15) is 12.2 Å². The average Bonchev–Trinajstić information content (AvgIpc) is 3.48. The number of nitrogens with one attached hydrogen (secondary N) is 1. The van der Waals surface area contributed by atoms with Crippen molar-refractivity contribution in [2.45, 2.75) is 13.1 Å². The van der Waals surface area contributed by atoms with Crippen molar-refractivity contribution in [2.75, 3.05) is 7.05 Å². The molecule has 6 heteroatoms. The first-order valence-electron chi connectivity index (χ1n) is 10.6. The van der Waals surface area contributed by atoms with Crippen LogP contribution in [0.5, 0.6) is 0 Å². The summed E-state index contributed by atoms with van der Waals surface area (Å²) in [6.07, 6.45) is 2.12. The van der Waals surface area contributed by atoms with Gasteiger partial charge in [-0.3, -0.25) is 0 Å². The van der Waals surface area contributed by atoms with Crippen LogP contribution >= 0.6 is 0 Å². The summed E-state index contributed by atoms with van der Waals surface area (Å²) in [6.45, 7) is 1.41. The minimum atomic E-state index is 0.551. The third kappa shape index (κ3) is 4.36. The Hall–Kier alpha value is -4.03. The zero-order valence-corrected chi connectivity index (χ0v) is 17.8. The molecule has 1 atom stereocenters. The van der Waals surface area contributed by atoms with Crippen LogP contribution in [-0.4, -0.2) is 27.0 Å². The molecule has 0 fully saturated rings. The molecule has 6 nitrogen and oxygen atoms in total. The lowest BCUT2D eigenvalue weighted by Gasteiger charge is -2.11. The van der Waals surface area contributed by atoms with Crippen molar-refractivity contribution in [3.63, 3.8) is 0 Å². The highest BCUT2D eigenvalue weighted by Crippen LogP contribution is 2.23. The number of para-hydroxylation sites is 1. The van der Waals surface area contributed by atoms with Gasteiger partial charge in [0.25, 0.3) is 5.89 Å². The zero-order chi connectivity index (χ0) is 21.8. The Morgan fingerprint density at radius 2 is 1.38 bits per heavy atom. The third-order valence-corrected chi connectivity index (χ3v) is 5.29. The summed E-state index contributed by atoms with van der Waals surface area (Å²) in [7, 11) is 2.13. The Balaban J connectivity index is 1.38. The lowest BCUT2D eigenvalue weighted by Crippen LogP contribution is -3.06. The van der Waals surface area contributed by atoms with E-state index in [0.717, 1.165) is 29.1 Å². The SMILES string of the molecule is C[NH+](Cc1nnc(-c2ccccc2)o1)Cc1cn(-c2ccccc2)nc1-c1ccccc1. The van der Waals surface area contributed by atoms with Gasteiger partial charge in [0.2, 0.25) is 5.89 Å². The Bertz CT molecular complexity index is 1280. The van der Waals surface area contributed by atoms with E-state index in [-0.39, 0.29) is 0 Å². The Kier molecular flexibility index (Phi) is 5.59. The molecule has 3 aromatic carbocycles. The van der Waals surface area contributed by atoms with E-state index in [0.29, 0.717) is 18.3 Å². The van der Waals surface area contributed by atoms with E-state index in [9.17, 15) is 0 Å². The van der Waals surface area contributed by atoms with E-state index in [1.54, 1.807) is 0 Å². The van der Waals surface area contributed by atoms with Crippen LogP contribution in [0.3, 0.4) is 0 Å². The van der Waals surface area contributed by atoms with Crippen molar-refractivity contribution in [3.05, 3.63) is 109 Å². The van der Waals surface area contributed by atoms with Crippen molar-refractivity contribution in [2.24, 2.45) is 0 Å². The molecule has 0 radical (unpaired) electrons. The molecule has 0 aliphatic rings. The second kappa shape index (κ2) is 8.99. The number of benzene rings is 3. The maximum absolute atomic E-state index is 5.90. The normalized spacial score (nSPS) is 12.0. The summed E-state index contributed by atoms with van der Waals surface area (Å²) in [6, 6.07) is 30.3. The van der Waals surface area contributed by atoms with Gasteiger partial charge in [-0.2, -0.15) is 5.10 Å². The Labute approximate surface area is 186 Å². The molecule has 1 N–H and O–H groups in total. The van der Waals surface area contributed by atoms with Crippen molar-refractivity contribution in [1.29, 1.82) is 0 Å². The van der Waals surface area contributed by atoms with E-state index in [1.165, 1.54) is 10.5 Å². The monoisotopic (exact) mass is 422 g/mol. The molecule has 0 bridgehead atoms. The number of quaternary nitrogens is 1. The van der Waals surface area contributed by atoms with E-state index in [2.05, 4.69) is 47.7 Å². The van der Waals surface area contributed by atoms with Gasteiger partial charge in [0.05, 0.1) is 18.3 Å². The highest BCUT2D eigenvalue weighted by molar-refractivity contribution is 5.63. The molecule has 158 valence electrons. The van der Waals surface area contributed by atoms with Gasteiger partial charge in [-0.25, -0.2) is 4.68 Å². The molecule has 0 spiro atoms. The number of rotatable bonds is 7. The second-order valence-electron chi connectivity index (χ2n) is 7.83. The van der Waals surface area contributed by atoms with E-state index < -0.39 is 0 Å². The highest BCUT2D eigenvalue weighted by Gasteiger charge is 2.18. The van der Waals surface area contributed by atoms with Crippen LogP contribution < -0.4 is 4.90 Å². The van der Waals surface area contributed by atoms with Crippen LogP contribution in [0, 0.1) is 0 Å². The smallest absolute Gasteiger partial charge is 0.271 e. The van der Waals surface area contributed by atoms with Gasteiger partial charge in [0, 0.05) is 17.3 Å². The quantitative estimate of drug-likeness (QED) is 0.433. The highest BCUT2D eigenvalue weighted by atomic mass is 16.4. The number of hydrogen-bond donors (Lipinski definition) is 1. The van der Waals surface area contributed by atoms with Gasteiger partial charge in [0.15, 0.2) is 6.54 Å². The molecular weight excluding hydrogens is 398 g/mol. The minimum absolute atomic E-state index is 0.551. The molecule has 0 aliphatic carbocycles. The summed E-state index contributed by atoms with van der Waals surface area (Å²) >= 11 is 0. The maximum atomic E-state index is 5.90. The molecule has 0 aliphatic heterocycles. The van der Waals surface area contributed by atoms with Crippen LogP contribution in [0.2, 0.25) is 0 Å². The summed E-state index contributed by atoms with van der Waals surface area (Å²) in [4.78, 5) is 1.23. The fourth-order valence-corrected chi connectivity index (χ4v) is 3.76. The van der Waals surface area contributed by atoms with Gasteiger partial charge in [-0.1, -0.05) is 66.7 Å². The lowest BCUT2D eigenvalue weighted by atomic mass is 10.1. The minimum Gasteiger partial charge on any atom is -0.415 e. The molecule has 5 aromatic rings. The molecule has 0 saturated heterocycles. The standard InChI is InChI=1S/C26H23N5O/c1-30(19-24-27-28-26(32-24)21-13-7-3-8-14-21)17-22-18-31(23-15-9-4-10-16-23)29-25(22)20-11-5-2-6-12-20/h2-16,18H,17,19H2,1H3/p+1. The molecule has 2 heterocycles. The second-order valence-corrected chi connectivity index (χ2v) is 7.83. The Morgan fingerprint density at radius 3 is 2.06 bits per heavy atom. The molecule has 2 aromatic heterocycles. The number of aromatic nitrogens is 4. The maximum Gasteiger partial charge on any atom is 0.271 e. The number of hydrogen-bond acceptors (Lipinski definition) is 4. The third-order valence-electron chi connectivity index (χ3n) is 5.29. The van der Waals surface area contributed by atoms with Crippen molar-refractivity contribution < 1.29 is 9.32 Å². The van der Waals surface area contributed by atoms with E-state index >= 15 is 0 Å². The van der Waals surface area contributed by atoms with Gasteiger partial charge >= 0.3 is 0 Å². The van der Waals surface area contributed by atoms with Crippen LogP contribution in [-0.2, 0) is 13.1 Å². The summed E-state index contributed by atoms with van der Waals surface area (Å²) in [5.74, 6) is 1.17. The van der Waals surface area contributed by atoms with Crippen LogP contribution in [0.25, 0.3) is 28.4 Å². The van der Waals surface area contributed by atoms with Gasteiger partial charge in [-0.15, -0.1) is 10.2 Å². The van der Waals surface area contributed by atoms with Crippen LogP contribution in [0.4, 0.5) is 0 Å². The van der Waals surface area contributed by atoms with Crippen molar-refractivity contribution in [3.8, 4) is 28.4 Å². The summed E-state index contributed by atoms with van der Waals surface area (Å²) in [5.41, 5.74) is 5.23. The van der Waals surface area contributed by atoms with Gasteiger partial charge in [-0.05, 0) is 24.3 Å². The van der Waals surface area contributed by atoms with E-state index in [4.69, 9.17) is 9.52 Å². The lowest BCUT2D eigenvalue weighted by molar-refractivity contribution is -0.909. The van der Waals surface area contributed by atoms with Crippen molar-refractivity contribution in [1.82, 2.24) is 20.0 Å². The summed E-state index contributed by atoms with van der Waals surface area (Å²) in [5, 5.41) is 13.4. The van der Waals surface area contributed by atoms with Crippen molar-refractivity contribution >= 4 is 0 Å². The molecule has 5 rings (SSSR count). The van der Waals surface area contributed by atoms with Crippen LogP contribution in [0.1, 0.15) is 11.5 Å². The molecule has 1 unspecified atom stereocenters. The summed E-state index contributed by atoms with van der Waals surface area (Å²) < 4.78 is 7.85. The predicted molar refractivity (Wildman–Crippen MR) is 123 cm³/mol.